The Kier molecular flexibility index (Phi) is 11.2. The molecule has 0 aliphatic carbocycles. The average Bonchev–Trinajstić information content (AvgIpc) is 3.08. The van der Waals surface area contributed by atoms with Crippen LogP contribution in [0.1, 0.15) is 47.4 Å². The van der Waals surface area contributed by atoms with Crippen molar-refractivity contribution >= 4 is 29.7 Å². The predicted molar refractivity (Wildman–Crippen MR) is 169 cm³/mol. The van der Waals surface area contributed by atoms with Crippen molar-refractivity contribution in [3.05, 3.63) is 72.0 Å². The van der Waals surface area contributed by atoms with Gasteiger partial charge in [0, 0.05) is 38.0 Å². The van der Waals surface area contributed by atoms with Crippen LogP contribution in [0.3, 0.4) is 0 Å². The summed E-state index contributed by atoms with van der Waals surface area (Å²) in [5, 5.41) is 40.9. The number of carbonyl (C=O) groups is 5. The van der Waals surface area contributed by atoms with Crippen molar-refractivity contribution in [1.29, 1.82) is 0 Å². The average molecular weight is 713 g/mol. The third-order valence-electron chi connectivity index (χ3n) is 8.71. The van der Waals surface area contributed by atoms with E-state index in [9.17, 15) is 44.4 Å². The summed E-state index contributed by atoms with van der Waals surface area (Å²) in [4.78, 5) is 64.2. The summed E-state index contributed by atoms with van der Waals surface area (Å²) < 4.78 is 40.1. The van der Waals surface area contributed by atoms with Gasteiger partial charge in [0.1, 0.15) is 24.4 Å². The zero-order chi connectivity index (χ0) is 37.0. The van der Waals surface area contributed by atoms with Crippen LogP contribution in [0.2, 0.25) is 0 Å². The molecular weight excluding hydrogens is 676 g/mol. The molecule has 4 N–H and O–H groups in total. The standard InChI is InChI=1S/C35H36O16/c1-4-18-19-11-12-45-32(43)23(19)14-47-34(18)51-35-31(50-33(44)21-8-6-10-25(39)29(21)42)30(48-17(3)37)22(27(49-35)15-46-16(2)36)13-26(40)20-7-5-9-24(38)28(20)41/h4-10,14,18-19,22,27,30-31,34-35,38-39,41-42H,1,11-13,15H2,2-3H3/t18-,19-,22+,27-,30-,31-,34-,35-/m0/s1. The molecule has 0 bridgehead atoms. The number of aromatic hydroxyl groups is 4. The molecule has 16 nitrogen and oxygen atoms in total. The summed E-state index contributed by atoms with van der Waals surface area (Å²) in [6, 6.07) is 7.27. The Balaban J connectivity index is 1.57. The number of hydrogen-bond acceptors (Lipinski definition) is 16. The molecule has 0 aromatic heterocycles. The first-order valence-corrected chi connectivity index (χ1v) is 15.8. The summed E-state index contributed by atoms with van der Waals surface area (Å²) in [5.41, 5.74) is -0.532. The molecule has 0 saturated carbocycles. The van der Waals surface area contributed by atoms with Gasteiger partial charge in [0.15, 0.2) is 34.9 Å². The molecule has 2 saturated heterocycles. The topological polar surface area (TPSA) is 231 Å². The van der Waals surface area contributed by atoms with Crippen molar-refractivity contribution in [2.75, 3.05) is 13.2 Å². The lowest BCUT2D eigenvalue weighted by Gasteiger charge is -2.46. The highest BCUT2D eigenvalue weighted by atomic mass is 16.8. The van der Waals surface area contributed by atoms with Gasteiger partial charge in [-0.1, -0.05) is 18.2 Å². The van der Waals surface area contributed by atoms with Crippen molar-refractivity contribution in [2.45, 2.75) is 57.6 Å². The number of rotatable bonds is 11. The lowest BCUT2D eigenvalue weighted by Crippen LogP contribution is -2.60. The van der Waals surface area contributed by atoms with Gasteiger partial charge < -0.3 is 53.6 Å². The molecule has 2 aromatic rings. The number of Topliss-reactive ketones (excluding diaryl/α,β-unsaturated/α-hetero) is 1. The fraction of sp³-hybridized carbons (Fsp3) is 0.400. The van der Waals surface area contributed by atoms with Crippen molar-refractivity contribution in [1.82, 2.24) is 0 Å². The van der Waals surface area contributed by atoms with Crippen molar-refractivity contribution < 1.29 is 77.6 Å². The second-order valence-electron chi connectivity index (χ2n) is 12.0. The number of fused-ring (bicyclic) bond motifs is 1. The summed E-state index contributed by atoms with van der Waals surface area (Å²) in [6.45, 7) is 5.64. The maximum Gasteiger partial charge on any atom is 0.342 e. The van der Waals surface area contributed by atoms with E-state index < -0.39 is 120 Å². The number of phenolic OH excluding ortho intramolecular Hbond substituents is 4. The molecule has 3 aliphatic heterocycles. The van der Waals surface area contributed by atoms with Crippen LogP contribution >= 0.6 is 0 Å². The number of cyclic esters (lactones) is 1. The van der Waals surface area contributed by atoms with Gasteiger partial charge in [0.2, 0.25) is 12.6 Å². The van der Waals surface area contributed by atoms with E-state index in [1.54, 1.807) is 0 Å². The van der Waals surface area contributed by atoms with E-state index in [2.05, 4.69) is 6.58 Å². The molecule has 8 atom stereocenters. The number of carbonyl (C=O) groups excluding carboxylic acids is 5. The number of phenols is 4. The lowest BCUT2D eigenvalue weighted by atomic mass is 9.80. The highest BCUT2D eigenvalue weighted by Crippen LogP contribution is 2.42. The molecule has 16 heteroatoms. The summed E-state index contributed by atoms with van der Waals surface area (Å²) >= 11 is 0. The highest BCUT2D eigenvalue weighted by molar-refractivity contribution is 5.99. The van der Waals surface area contributed by atoms with Crippen LogP contribution in [-0.4, -0.2) is 94.2 Å². The monoisotopic (exact) mass is 712 g/mol. The number of ether oxygens (including phenoxy) is 7. The molecule has 2 aromatic carbocycles. The summed E-state index contributed by atoms with van der Waals surface area (Å²) in [6.07, 6.45) is -5.06. The van der Waals surface area contributed by atoms with Crippen LogP contribution in [-0.2, 0) is 47.5 Å². The molecule has 2 fully saturated rings. The van der Waals surface area contributed by atoms with Crippen molar-refractivity contribution in [3.63, 3.8) is 0 Å². The number of esters is 4. The first kappa shape index (κ1) is 36.7. The van der Waals surface area contributed by atoms with E-state index in [4.69, 9.17) is 33.2 Å². The predicted octanol–water partition coefficient (Wildman–Crippen LogP) is 2.77. The minimum absolute atomic E-state index is 0.120. The molecule has 3 heterocycles. The molecule has 3 aliphatic rings. The van der Waals surface area contributed by atoms with Crippen LogP contribution in [0.4, 0.5) is 0 Å². The largest absolute Gasteiger partial charge is 0.504 e. The molecule has 5 rings (SSSR count). The van der Waals surface area contributed by atoms with Crippen molar-refractivity contribution in [3.8, 4) is 23.0 Å². The van der Waals surface area contributed by atoms with Crippen LogP contribution in [0.5, 0.6) is 23.0 Å². The van der Waals surface area contributed by atoms with E-state index >= 15 is 0 Å². The minimum atomic E-state index is -1.73. The maximum atomic E-state index is 13.6. The van der Waals surface area contributed by atoms with Gasteiger partial charge in [-0.25, -0.2) is 9.59 Å². The van der Waals surface area contributed by atoms with E-state index in [0.29, 0.717) is 6.42 Å². The first-order valence-electron chi connectivity index (χ1n) is 15.8. The summed E-state index contributed by atoms with van der Waals surface area (Å²) in [5.74, 6) is -9.32. The van der Waals surface area contributed by atoms with Gasteiger partial charge in [-0.15, -0.1) is 6.58 Å². The van der Waals surface area contributed by atoms with Gasteiger partial charge in [0.25, 0.3) is 0 Å². The van der Waals surface area contributed by atoms with Crippen molar-refractivity contribution in [2.24, 2.45) is 17.8 Å². The van der Waals surface area contributed by atoms with E-state index in [-0.39, 0.29) is 17.7 Å². The Morgan fingerprint density at radius 2 is 1.57 bits per heavy atom. The normalized spacial score (nSPS) is 27.0. The van der Waals surface area contributed by atoms with E-state index in [0.717, 1.165) is 32.0 Å². The highest BCUT2D eigenvalue weighted by Gasteiger charge is 2.54. The Bertz CT molecular complexity index is 1730. The molecule has 272 valence electrons. The number of ketones is 1. The van der Waals surface area contributed by atoms with Crippen LogP contribution in [0.25, 0.3) is 0 Å². The van der Waals surface area contributed by atoms with Gasteiger partial charge >= 0.3 is 23.9 Å². The molecule has 0 amide bonds. The molecule has 51 heavy (non-hydrogen) atoms. The van der Waals surface area contributed by atoms with Crippen LogP contribution in [0.15, 0.2) is 60.9 Å². The maximum absolute atomic E-state index is 13.6. The minimum Gasteiger partial charge on any atom is -0.504 e. The first-order chi connectivity index (χ1) is 24.3. The van der Waals surface area contributed by atoms with Crippen LogP contribution in [0, 0.1) is 17.8 Å². The fourth-order valence-electron chi connectivity index (χ4n) is 6.27. The Morgan fingerprint density at radius 3 is 2.22 bits per heavy atom. The quantitative estimate of drug-likeness (QED) is 0.0863. The molecular formula is C35H36O16. The second-order valence-corrected chi connectivity index (χ2v) is 12.0. The third kappa shape index (κ3) is 7.91. The smallest absolute Gasteiger partial charge is 0.342 e. The Labute approximate surface area is 290 Å². The van der Waals surface area contributed by atoms with Gasteiger partial charge in [-0.2, -0.15) is 0 Å². The molecule has 0 radical (unpaired) electrons. The van der Waals surface area contributed by atoms with Gasteiger partial charge in [-0.3, -0.25) is 14.4 Å². The molecule has 0 spiro atoms. The molecule has 0 unspecified atom stereocenters. The van der Waals surface area contributed by atoms with Crippen LogP contribution < -0.4 is 0 Å². The Hall–Kier alpha value is -5.61. The lowest BCUT2D eigenvalue weighted by molar-refractivity contribution is -0.333. The number of para-hydroxylation sites is 2. The van der Waals surface area contributed by atoms with E-state index in [1.807, 2.05) is 0 Å². The van der Waals surface area contributed by atoms with E-state index in [1.165, 1.54) is 30.5 Å². The second kappa shape index (κ2) is 15.5. The SMILES string of the molecule is C=C[C@@H]1[C@H](O[C@@H]2O[C@@H](COC(C)=O)[C@@H](CC(=O)c3cccc(O)c3O)[C@H](OC(C)=O)[C@@H]2OC(=O)c2cccc(O)c2O)OC=C2C(=O)OCC[C@H]21. The number of benzene rings is 2. The fourth-order valence-corrected chi connectivity index (χ4v) is 6.27. The number of hydrogen-bond donors (Lipinski definition) is 4. The zero-order valence-electron chi connectivity index (χ0n) is 27.5. The van der Waals surface area contributed by atoms with Gasteiger partial charge in [0.05, 0.1) is 24.0 Å². The van der Waals surface area contributed by atoms with Gasteiger partial charge in [-0.05, 0) is 30.7 Å². The zero-order valence-corrected chi connectivity index (χ0v) is 27.5. The summed E-state index contributed by atoms with van der Waals surface area (Å²) in [7, 11) is 0. The Morgan fingerprint density at radius 1 is 0.902 bits per heavy atom. The third-order valence-corrected chi connectivity index (χ3v) is 8.71.